The quantitative estimate of drug-likeness (QED) is 0.572. The molecule has 0 saturated heterocycles. The van der Waals surface area contributed by atoms with E-state index in [0.717, 1.165) is 5.69 Å². The lowest BCUT2D eigenvalue weighted by Crippen LogP contribution is -2.23. The molecule has 1 aromatic rings. The van der Waals surface area contributed by atoms with Gasteiger partial charge in [0.15, 0.2) is 5.96 Å². The topological polar surface area (TPSA) is 50.4 Å². The van der Waals surface area contributed by atoms with Gasteiger partial charge >= 0.3 is 0 Å². The monoisotopic (exact) mass is 203 g/mol. The fourth-order valence-corrected chi connectivity index (χ4v) is 1.63. The van der Waals surface area contributed by atoms with Gasteiger partial charge in [-0.05, 0) is 49.9 Å². The number of guanidine groups is 1. The summed E-state index contributed by atoms with van der Waals surface area (Å²) in [5, 5.41) is 3.12. The van der Waals surface area contributed by atoms with Crippen molar-refractivity contribution in [1.29, 1.82) is 0 Å². The summed E-state index contributed by atoms with van der Waals surface area (Å²) in [6, 6.07) is 6.74. The third kappa shape index (κ3) is 2.98. The molecule has 80 valence electrons. The Morgan fingerprint density at radius 2 is 1.87 bits per heavy atom. The van der Waals surface area contributed by atoms with Crippen LogP contribution >= 0.6 is 0 Å². The van der Waals surface area contributed by atoms with E-state index in [4.69, 9.17) is 5.73 Å². The first-order valence-corrected chi connectivity index (χ1v) is 5.32. The largest absolute Gasteiger partial charge is 0.370 e. The summed E-state index contributed by atoms with van der Waals surface area (Å²) in [6.07, 6.45) is 2.35. The first-order valence-electron chi connectivity index (χ1n) is 5.32. The van der Waals surface area contributed by atoms with Crippen LogP contribution < -0.4 is 11.1 Å². The van der Waals surface area contributed by atoms with Crippen LogP contribution in [0.3, 0.4) is 0 Å². The van der Waals surface area contributed by atoms with Crippen molar-refractivity contribution < 1.29 is 0 Å². The molecule has 1 aliphatic rings. The highest BCUT2D eigenvalue weighted by Crippen LogP contribution is 2.23. The van der Waals surface area contributed by atoms with Gasteiger partial charge < -0.3 is 11.1 Å². The number of anilines is 1. The van der Waals surface area contributed by atoms with Crippen LogP contribution in [0.2, 0.25) is 0 Å². The molecule has 1 aliphatic carbocycles. The molecule has 0 radical (unpaired) electrons. The fourth-order valence-electron chi connectivity index (χ4n) is 1.63. The lowest BCUT2D eigenvalue weighted by Gasteiger charge is -2.07. The zero-order valence-corrected chi connectivity index (χ0v) is 9.25. The molecule has 0 atom stereocenters. The van der Waals surface area contributed by atoms with Gasteiger partial charge in [0.1, 0.15) is 0 Å². The van der Waals surface area contributed by atoms with Crippen molar-refractivity contribution in [2.45, 2.75) is 32.7 Å². The number of nitrogens with two attached hydrogens (primary N) is 1. The maximum Gasteiger partial charge on any atom is 0.193 e. The van der Waals surface area contributed by atoms with Crippen LogP contribution in [0.15, 0.2) is 23.2 Å². The molecule has 0 unspecified atom stereocenters. The maximum absolute atomic E-state index is 5.79. The second-order valence-electron chi connectivity index (χ2n) is 4.25. The van der Waals surface area contributed by atoms with E-state index in [2.05, 4.69) is 42.4 Å². The molecule has 0 amide bonds. The number of hydrogen-bond acceptors (Lipinski definition) is 1. The van der Waals surface area contributed by atoms with Crippen molar-refractivity contribution in [1.82, 2.24) is 0 Å². The SMILES string of the molecule is Cc1cc(C)cc(NC(N)=NC2CC2)c1. The van der Waals surface area contributed by atoms with Crippen molar-refractivity contribution >= 4 is 11.6 Å². The second kappa shape index (κ2) is 3.93. The van der Waals surface area contributed by atoms with Gasteiger partial charge in [-0.1, -0.05) is 6.07 Å². The zero-order chi connectivity index (χ0) is 10.8. The Morgan fingerprint density at radius 3 is 2.40 bits per heavy atom. The van der Waals surface area contributed by atoms with Crippen molar-refractivity contribution in [2.75, 3.05) is 5.32 Å². The normalized spacial score (nSPS) is 16.5. The molecule has 15 heavy (non-hydrogen) atoms. The summed E-state index contributed by atoms with van der Waals surface area (Å²) >= 11 is 0. The van der Waals surface area contributed by atoms with Crippen LogP contribution in [0.1, 0.15) is 24.0 Å². The number of benzene rings is 1. The Hall–Kier alpha value is -1.51. The minimum absolute atomic E-state index is 0.461. The van der Waals surface area contributed by atoms with Crippen molar-refractivity contribution in [2.24, 2.45) is 10.7 Å². The predicted octanol–water partition coefficient (Wildman–Crippen LogP) is 2.19. The van der Waals surface area contributed by atoms with E-state index in [9.17, 15) is 0 Å². The number of nitrogens with zero attached hydrogens (tertiary/aromatic N) is 1. The molecule has 0 spiro atoms. The number of aliphatic imine (C=N–C) groups is 1. The summed E-state index contributed by atoms with van der Waals surface area (Å²) < 4.78 is 0. The van der Waals surface area contributed by atoms with Crippen molar-refractivity contribution in [3.05, 3.63) is 29.3 Å². The summed E-state index contributed by atoms with van der Waals surface area (Å²) in [5.41, 5.74) is 9.27. The van der Waals surface area contributed by atoms with Crippen molar-refractivity contribution in [3.8, 4) is 0 Å². The van der Waals surface area contributed by atoms with Crippen LogP contribution in [0.4, 0.5) is 5.69 Å². The number of nitrogens with one attached hydrogen (secondary N) is 1. The maximum atomic E-state index is 5.79. The Labute approximate surface area is 90.4 Å². The Kier molecular flexibility index (Phi) is 2.62. The summed E-state index contributed by atoms with van der Waals surface area (Å²) in [5.74, 6) is 0.530. The molecule has 1 saturated carbocycles. The van der Waals surface area contributed by atoms with Gasteiger partial charge in [-0.15, -0.1) is 0 Å². The Morgan fingerprint density at radius 1 is 1.27 bits per heavy atom. The van der Waals surface area contributed by atoms with Crippen LogP contribution in [0.25, 0.3) is 0 Å². The molecule has 0 bridgehead atoms. The van der Waals surface area contributed by atoms with E-state index < -0.39 is 0 Å². The smallest absolute Gasteiger partial charge is 0.193 e. The van der Waals surface area contributed by atoms with Crippen LogP contribution in [0, 0.1) is 13.8 Å². The third-order valence-electron chi connectivity index (χ3n) is 2.36. The van der Waals surface area contributed by atoms with Crippen molar-refractivity contribution in [3.63, 3.8) is 0 Å². The lowest BCUT2D eigenvalue weighted by molar-refractivity contribution is 1.06. The molecular formula is C12H17N3. The third-order valence-corrected chi connectivity index (χ3v) is 2.36. The van der Waals surface area contributed by atoms with Gasteiger partial charge in [-0.25, -0.2) is 4.99 Å². The molecular weight excluding hydrogens is 186 g/mol. The Balaban J connectivity index is 2.09. The van der Waals surface area contributed by atoms with Gasteiger partial charge in [0.2, 0.25) is 0 Å². The highest BCUT2D eigenvalue weighted by atomic mass is 15.1. The first kappa shape index (κ1) is 10.0. The van der Waals surface area contributed by atoms with Gasteiger partial charge in [-0.3, -0.25) is 0 Å². The van der Waals surface area contributed by atoms with Crippen LogP contribution in [-0.4, -0.2) is 12.0 Å². The van der Waals surface area contributed by atoms with Gasteiger partial charge in [-0.2, -0.15) is 0 Å². The van der Waals surface area contributed by atoms with E-state index in [1.165, 1.54) is 24.0 Å². The molecule has 3 N–H and O–H groups in total. The highest BCUT2D eigenvalue weighted by molar-refractivity contribution is 5.92. The average molecular weight is 203 g/mol. The Bertz CT molecular complexity index is 372. The number of rotatable bonds is 2. The molecule has 0 heterocycles. The second-order valence-corrected chi connectivity index (χ2v) is 4.25. The standard InChI is InChI=1S/C12H17N3/c1-8-5-9(2)7-11(6-8)15-12(13)14-10-3-4-10/h5-7,10H,3-4H2,1-2H3,(H3,13,14,15). The van der Waals surface area contributed by atoms with E-state index >= 15 is 0 Å². The van der Waals surface area contributed by atoms with E-state index in [-0.39, 0.29) is 0 Å². The molecule has 1 fully saturated rings. The van der Waals surface area contributed by atoms with Gasteiger partial charge in [0, 0.05) is 5.69 Å². The van der Waals surface area contributed by atoms with E-state index in [1.807, 2.05) is 0 Å². The first-order chi connectivity index (χ1) is 7.13. The minimum Gasteiger partial charge on any atom is -0.370 e. The average Bonchev–Trinajstić information content (AvgIpc) is 2.85. The predicted molar refractivity (Wildman–Crippen MR) is 64.2 cm³/mol. The van der Waals surface area contributed by atoms with Gasteiger partial charge in [0.25, 0.3) is 0 Å². The fraction of sp³-hybridized carbons (Fsp3) is 0.417. The molecule has 3 heteroatoms. The summed E-state index contributed by atoms with van der Waals surface area (Å²) in [4.78, 5) is 4.33. The number of hydrogen-bond donors (Lipinski definition) is 2. The van der Waals surface area contributed by atoms with E-state index in [1.54, 1.807) is 0 Å². The lowest BCUT2D eigenvalue weighted by atomic mass is 10.1. The molecule has 0 aromatic heterocycles. The molecule has 0 aliphatic heterocycles. The zero-order valence-electron chi connectivity index (χ0n) is 9.25. The summed E-state index contributed by atoms with van der Waals surface area (Å²) in [7, 11) is 0. The molecule has 2 rings (SSSR count). The highest BCUT2D eigenvalue weighted by Gasteiger charge is 2.20. The molecule has 3 nitrogen and oxygen atoms in total. The molecule has 1 aromatic carbocycles. The summed E-state index contributed by atoms with van der Waals surface area (Å²) in [6.45, 7) is 4.15. The van der Waals surface area contributed by atoms with Gasteiger partial charge in [0.05, 0.1) is 6.04 Å². The number of aryl methyl sites for hydroxylation is 2. The van der Waals surface area contributed by atoms with Crippen LogP contribution in [-0.2, 0) is 0 Å². The van der Waals surface area contributed by atoms with Crippen LogP contribution in [0.5, 0.6) is 0 Å². The van der Waals surface area contributed by atoms with E-state index in [0.29, 0.717) is 12.0 Å². The minimum atomic E-state index is 0.461.